The van der Waals surface area contributed by atoms with E-state index in [4.69, 9.17) is 4.74 Å². The smallest absolute Gasteiger partial charge is 0.387 e. The van der Waals surface area contributed by atoms with Crippen molar-refractivity contribution in [3.05, 3.63) is 23.8 Å². The Kier molecular flexibility index (Phi) is 6.70. The molecule has 0 bridgehead atoms. The minimum Gasteiger partial charge on any atom is -0.493 e. The fourth-order valence-electron chi connectivity index (χ4n) is 2.43. The van der Waals surface area contributed by atoms with Crippen LogP contribution in [0.15, 0.2) is 18.2 Å². The van der Waals surface area contributed by atoms with Gasteiger partial charge in [0.2, 0.25) is 5.91 Å². The van der Waals surface area contributed by atoms with Crippen LogP contribution in [0.4, 0.5) is 13.6 Å². The first-order valence-electron chi connectivity index (χ1n) is 7.89. The summed E-state index contributed by atoms with van der Waals surface area (Å²) in [7, 11) is 1.34. The van der Waals surface area contributed by atoms with E-state index in [2.05, 4.69) is 20.7 Å². The van der Waals surface area contributed by atoms with E-state index < -0.39 is 24.6 Å². The molecule has 1 unspecified atom stereocenters. The molecule has 10 heteroatoms. The molecule has 0 aromatic heterocycles. The van der Waals surface area contributed by atoms with Crippen molar-refractivity contribution < 1.29 is 32.6 Å². The second-order valence-electron chi connectivity index (χ2n) is 5.52. The van der Waals surface area contributed by atoms with Crippen molar-refractivity contribution in [2.45, 2.75) is 31.9 Å². The number of rotatable bonds is 9. The van der Waals surface area contributed by atoms with Crippen LogP contribution in [0.3, 0.4) is 0 Å². The summed E-state index contributed by atoms with van der Waals surface area (Å²) in [6, 6.07) is 3.28. The summed E-state index contributed by atoms with van der Waals surface area (Å²) in [5, 5.41) is 7.20. The molecule has 1 fully saturated rings. The zero-order valence-electron chi connectivity index (χ0n) is 14.0. The highest BCUT2D eigenvalue weighted by Gasteiger charge is 2.29. The van der Waals surface area contributed by atoms with Crippen LogP contribution in [0.2, 0.25) is 0 Å². The summed E-state index contributed by atoms with van der Waals surface area (Å²) < 4.78 is 33.9. The van der Waals surface area contributed by atoms with E-state index in [9.17, 15) is 23.2 Å². The Balaban J connectivity index is 1.75. The second-order valence-corrected chi connectivity index (χ2v) is 5.52. The largest absolute Gasteiger partial charge is 0.493 e. The van der Waals surface area contributed by atoms with Crippen molar-refractivity contribution in [3.63, 3.8) is 0 Å². The molecular weight excluding hydrogens is 352 g/mol. The number of imide groups is 1. The van der Waals surface area contributed by atoms with Gasteiger partial charge < -0.3 is 20.1 Å². The van der Waals surface area contributed by atoms with Gasteiger partial charge in [0.25, 0.3) is 5.91 Å². The van der Waals surface area contributed by atoms with Crippen molar-refractivity contribution in [2.75, 3.05) is 13.7 Å². The van der Waals surface area contributed by atoms with Crippen LogP contribution in [-0.4, -0.2) is 44.2 Å². The average Bonchev–Trinajstić information content (AvgIpc) is 2.91. The third kappa shape index (κ3) is 5.57. The minimum absolute atomic E-state index is 0.0628. The predicted octanol–water partition coefficient (Wildman–Crippen LogP) is 0.943. The second kappa shape index (κ2) is 8.97. The number of benzene rings is 1. The van der Waals surface area contributed by atoms with Crippen LogP contribution in [0, 0.1) is 0 Å². The first kappa shape index (κ1) is 19.4. The number of hydrogen-bond donors (Lipinski definition) is 3. The topological polar surface area (TPSA) is 106 Å². The number of urea groups is 1. The fourth-order valence-corrected chi connectivity index (χ4v) is 2.43. The van der Waals surface area contributed by atoms with E-state index in [1.807, 2.05) is 0 Å². The van der Waals surface area contributed by atoms with Crippen LogP contribution in [0.5, 0.6) is 11.5 Å². The Morgan fingerprint density at radius 1 is 1.31 bits per heavy atom. The Morgan fingerprint density at radius 2 is 2.08 bits per heavy atom. The molecular formula is C16H19F2N3O5. The van der Waals surface area contributed by atoms with Crippen molar-refractivity contribution in [1.29, 1.82) is 0 Å². The summed E-state index contributed by atoms with van der Waals surface area (Å²) in [5.41, 5.74) is 0.770. The van der Waals surface area contributed by atoms with Crippen LogP contribution >= 0.6 is 0 Å². The van der Waals surface area contributed by atoms with Crippen LogP contribution < -0.4 is 25.4 Å². The molecule has 1 saturated heterocycles. The van der Waals surface area contributed by atoms with Crippen molar-refractivity contribution >= 4 is 17.8 Å². The highest BCUT2D eigenvalue weighted by molar-refractivity contribution is 6.04. The molecule has 2 rings (SSSR count). The average molecular weight is 371 g/mol. The number of halogens is 2. The van der Waals surface area contributed by atoms with Crippen LogP contribution in [0.1, 0.15) is 18.4 Å². The molecule has 0 aliphatic carbocycles. The number of hydrogen-bond acceptors (Lipinski definition) is 5. The molecule has 1 aliphatic heterocycles. The lowest BCUT2D eigenvalue weighted by atomic mass is 10.1. The van der Waals surface area contributed by atoms with E-state index in [-0.39, 0.29) is 30.2 Å². The predicted molar refractivity (Wildman–Crippen MR) is 86.0 cm³/mol. The van der Waals surface area contributed by atoms with Gasteiger partial charge in [-0.15, -0.1) is 0 Å². The van der Waals surface area contributed by atoms with Gasteiger partial charge in [0.1, 0.15) is 6.04 Å². The van der Waals surface area contributed by atoms with Gasteiger partial charge in [0, 0.05) is 13.0 Å². The Labute approximate surface area is 148 Å². The summed E-state index contributed by atoms with van der Waals surface area (Å²) in [6.07, 6.45) is 0.747. The molecule has 26 heavy (non-hydrogen) atoms. The van der Waals surface area contributed by atoms with Crippen molar-refractivity contribution in [2.24, 2.45) is 0 Å². The molecule has 8 nitrogen and oxygen atoms in total. The Hall–Kier alpha value is -2.91. The Morgan fingerprint density at radius 3 is 2.69 bits per heavy atom. The van der Waals surface area contributed by atoms with E-state index in [0.717, 1.165) is 5.56 Å². The molecule has 3 N–H and O–H groups in total. The summed E-state index contributed by atoms with van der Waals surface area (Å²) in [6.45, 7) is -2.62. The van der Waals surface area contributed by atoms with Gasteiger partial charge in [-0.1, -0.05) is 6.07 Å². The first-order chi connectivity index (χ1) is 12.4. The lowest BCUT2D eigenvalue weighted by Crippen LogP contribution is -2.32. The maximum atomic E-state index is 12.3. The monoisotopic (exact) mass is 371 g/mol. The molecule has 1 aromatic carbocycles. The highest BCUT2D eigenvalue weighted by atomic mass is 19.3. The zero-order chi connectivity index (χ0) is 19.1. The molecule has 1 aromatic rings. The quantitative estimate of drug-likeness (QED) is 0.561. The molecule has 142 valence electrons. The lowest BCUT2D eigenvalue weighted by Gasteiger charge is -2.12. The standard InChI is InChI=1S/C16H19F2N3O5/c1-25-12-8-9(2-4-11(12)26-15(17)18)6-7-19-13(22)5-3-10-14(23)21-16(24)20-10/h2,4,8,10,15H,3,5-7H2,1H3,(H,19,22)(H2,20,21,23,24). The van der Waals surface area contributed by atoms with E-state index in [1.165, 1.54) is 13.2 Å². The summed E-state index contributed by atoms with van der Waals surface area (Å²) in [4.78, 5) is 34.1. The molecule has 1 atom stereocenters. The number of carbonyl (C=O) groups is 3. The van der Waals surface area contributed by atoms with Gasteiger partial charge in [-0.2, -0.15) is 8.78 Å². The van der Waals surface area contributed by atoms with Gasteiger partial charge in [-0.05, 0) is 30.5 Å². The number of ether oxygens (including phenoxy) is 2. The first-order valence-corrected chi connectivity index (χ1v) is 7.89. The number of alkyl halides is 2. The third-order valence-corrected chi connectivity index (χ3v) is 3.70. The molecule has 1 aliphatic rings. The molecule has 0 radical (unpaired) electrons. The van der Waals surface area contributed by atoms with E-state index in [1.54, 1.807) is 12.1 Å². The fraction of sp³-hybridized carbons (Fsp3) is 0.438. The summed E-state index contributed by atoms with van der Waals surface area (Å²) >= 11 is 0. The lowest BCUT2D eigenvalue weighted by molar-refractivity contribution is -0.122. The third-order valence-electron chi connectivity index (χ3n) is 3.70. The molecule has 0 saturated carbocycles. The minimum atomic E-state index is -2.94. The maximum Gasteiger partial charge on any atom is 0.387 e. The van der Waals surface area contributed by atoms with Crippen LogP contribution in [0.25, 0.3) is 0 Å². The van der Waals surface area contributed by atoms with Gasteiger partial charge in [0.05, 0.1) is 7.11 Å². The van der Waals surface area contributed by atoms with E-state index in [0.29, 0.717) is 13.0 Å². The number of carbonyl (C=O) groups excluding carboxylic acids is 3. The number of nitrogens with one attached hydrogen (secondary N) is 3. The highest BCUT2D eigenvalue weighted by Crippen LogP contribution is 2.29. The Bertz CT molecular complexity index is 684. The SMILES string of the molecule is COc1cc(CCNC(=O)CCC2NC(=O)NC2=O)ccc1OC(F)F. The van der Waals surface area contributed by atoms with E-state index >= 15 is 0 Å². The molecule has 1 heterocycles. The maximum absolute atomic E-state index is 12.3. The van der Waals surface area contributed by atoms with Gasteiger partial charge in [-0.3, -0.25) is 14.9 Å². The van der Waals surface area contributed by atoms with Gasteiger partial charge >= 0.3 is 12.6 Å². The number of amides is 4. The zero-order valence-corrected chi connectivity index (χ0v) is 14.0. The molecule has 0 spiro atoms. The van der Waals surface area contributed by atoms with Crippen LogP contribution in [-0.2, 0) is 16.0 Å². The van der Waals surface area contributed by atoms with Gasteiger partial charge in [-0.25, -0.2) is 4.79 Å². The van der Waals surface area contributed by atoms with Crippen molar-refractivity contribution in [1.82, 2.24) is 16.0 Å². The normalized spacial score (nSPS) is 16.2. The van der Waals surface area contributed by atoms with Crippen molar-refractivity contribution in [3.8, 4) is 11.5 Å². The number of methoxy groups -OCH3 is 1. The summed E-state index contributed by atoms with van der Waals surface area (Å²) in [5.74, 6) is -0.589. The van der Waals surface area contributed by atoms with Gasteiger partial charge in [0.15, 0.2) is 11.5 Å². The molecule has 4 amide bonds.